The molecule has 0 saturated carbocycles. The second kappa shape index (κ2) is 7.55. The molecule has 0 aromatic heterocycles. The minimum absolute atomic E-state index is 0.454. The lowest BCUT2D eigenvalue weighted by Gasteiger charge is -2.39. The van der Waals surface area contributed by atoms with Crippen molar-refractivity contribution in [2.45, 2.75) is 25.5 Å². The normalized spacial score (nSPS) is 20.0. The maximum absolute atomic E-state index is 6.37. The van der Waals surface area contributed by atoms with E-state index in [1.54, 1.807) is 0 Å². The molecule has 2 N–H and O–H groups in total. The number of ether oxygens (including phenoxy) is 1. The van der Waals surface area contributed by atoms with Crippen LogP contribution in [-0.4, -0.2) is 17.4 Å². The quantitative estimate of drug-likeness (QED) is 0.624. The summed E-state index contributed by atoms with van der Waals surface area (Å²) in [7, 11) is 0. The highest BCUT2D eigenvalue weighted by atomic mass is 32.1. The number of nitrogens with zero attached hydrogens (tertiary/aromatic N) is 1. The molecule has 0 amide bonds. The van der Waals surface area contributed by atoms with Crippen molar-refractivity contribution < 1.29 is 4.74 Å². The van der Waals surface area contributed by atoms with E-state index < -0.39 is 5.72 Å². The van der Waals surface area contributed by atoms with Crippen LogP contribution in [0.5, 0.6) is 0 Å². The molecular formula is C19H21N3OS. The monoisotopic (exact) mass is 339 g/mol. The van der Waals surface area contributed by atoms with Gasteiger partial charge in [0.05, 0.1) is 6.61 Å². The zero-order valence-electron chi connectivity index (χ0n) is 13.7. The number of hydrogen-bond acceptors (Lipinski definition) is 3. The summed E-state index contributed by atoms with van der Waals surface area (Å²) < 4.78 is 6.37. The summed E-state index contributed by atoms with van der Waals surface area (Å²) in [6, 6.07) is 20.1. The molecule has 0 bridgehead atoms. The standard InChI is InChI=1S/C19H21N3OS/c1-2-3-14-23-19(16-12-8-5-9-13-16)17(21-22-18(24)20-19)15-10-6-4-7-11-15/h4-13H,2-3,14H2,1H3,(H2,20,22,24)/t19-/m1/s1. The van der Waals surface area contributed by atoms with Gasteiger partial charge in [-0.05, 0) is 18.6 Å². The van der Waals surface area contributed by atoms with Crippen molar-refractivity contribution in [1.29, 1.82) is 0 Å². The molecule has 0 unspecified atom stereocenters. The molecular weight excluding hydrogens is 318 g/mol. The van der Waals surface area contributed by atoms with Crippen molar-refractivity contribution in [3.63, 3.8) is 0 Å². The van der Waals surface area contributed by atoms with Gasteiger partial charge in [-0.15, -0.1) is 0 Å². The van der Waals surface area contributed by atoms with Crippen LogP contribution in [0.2, 0.25) is 0 Å². The second-order valence-electron chi connectivity index (χ2n) is 5.64. The molecule has 5 heteroatoms. The Hall–Kier alpha value is -2.24. The summed E-state index contributed by atoms with van der Waals surface area (Å²) in [4.78, 5) is 0. The molecule has 0 saturated heterocycles. The highest BCUT2D eigenvalue weighted by Gasteiger charge is 2.43. The van der Waals surface area contributed by atoms with E-state index in [9.17, 15) is 0 Å². The van der Waals surface area contributed by atoms with Crippen molar-refractivity contribution in [3.8, 4) is 0 Å². The Balaban J connectivity index is 2.10. The SMILES string of the molecule is CCCCO[C@@]1(c2ccccc2)NC(=S)NN=C1c1ccccc1. The minimum Gasteiger partial charge on any atom is -0.346 e. The maximum atomic E-state index is 6.37. The Morgan fingerprint density at radius 1 is 1.04 bits per heavy atom. The number of unbranched alkanes of at least 4 members (excludes halogenated alkanes) is 1. The number of rotatable bonds is 6. The van der Waals surface area contributed by atoms with Gasteiger partial charge in [-0.3, -0.25) is 5.43 Å². The fraction of sp³-hybridized carbons (Fsp3) is 0.263. The Morgan fingerprint density at radius 3 is 2.38 bits per heavy atom. The van der Waals surface area contributed by atoms with Crippen LogP contribution < -0.4 is 10.7 Å². The zero-order valence-corrected chi connectivity index (χ0v) is 14.5. The lowest BCUT2D eigenvalue weighted by atomic mass is 9.91. The topological polar surface area (TPSA) is 45.6 Å². The molecule has 0 spiro atoms. The van der Waals surface area contributed by atoms with Crippen LogP contribution in [0.15, 0.2) is 65.8 Å². The summed E-state index contributed by atoms with van der Waals surface area (Å²) in [6.07, 6.45) is 2.03. The molecule has 0 radical (unpaired) electrons. The van der Waals surface area contributed by atoms with Crippen LogP contribution in [0.3, 0.4) is 0 Å². The Morgan fingerprint density at radius 2 is 1.71 bits per heavy atom. The van der Waals surface area contributed by atoms with Gasteiger partial charge in [-0.25, -0.2) is 0 Å². The first-order chi connectivity index (χ1) is 11.8. The van der Waals surface area contributed by atoms with Gasteiger partial charge in [0.25, 0.3) is 0 Å². The van der Waals surface area contributed by atoms with E-state index >= 15 is 0 Å². The van der Waals surface area contributed by atoms with Crippen molar-refractivity contribution in [3.05, 3.63) is 71.8 Å². The minimum atomic E-state index is -0.889. The fourth-order valence-electron chi connectivity index (χ4n) is 2.74. The van der Waals surface area contributed by atoms with Gasteiger partial charge in [-0.2, -0.15) is 5.10 Å². The lowest BCUT2D eigenvalue weighted by Crippen LogP contribution is -2.60. The highest BCUT2D eigenvalue weighted by Crippen LogP contribution is 2.30. The third-order valence-corrected chi connectivity index (χ3v) is 4.13. The molecule has 2 aromatic rings. The highest BCUT2D eigenvalue weighted by molar-refractivity contribution is 7.80. The van der Waals surface area contributed by atoms with Crippen LogP contribution in [0.25, 0.3) is 0 Å². The first kappa shape index (κ1) is 16.6. The molecule has 1 aliphatic heterocycles. The van der Waals surface area contributed by atoms with E-state index in [0.29, 0.717) is 11.7 Å². The van der Waals surface area contributed by atoms with Crippen LogP contribution in [0.1, 0.15) is 30.9 Å². The summed E-state index contributed by atoms with van der Waals surface area (Å²) in [6.45, 7) is 2.76. The van der Waals surface area contributed by atoms with Gasteiger partial charge in [0.2, 0.25) is 5.72 Å². The van der Waals surface area contributed by atoms with Gasteiger partial charge in [-0.1, -0.05) is 74.0 Å². The predicted octanol–water partition coefficient (Wildman–Crippen LogP) is 3.54. The third-order valence-electron chi connectivity index (χ3n) is 3.94. The lowest BCUT2D eigenvalue weighted by molar-refractivity contribution is -0.0112. The molecule has 1 atom stereocenters. The van der Waals surface area contributed by atoms with Gasteiger partial charge >= 0.3 is 0 Å². The Bertz CT molecular complexity index is 718. The van der Waals surface area contributed by atoms with Crippen LogP contribution in [-0.2, 0) is 10.5 Å². The molecule has 2 aromatic carbocycles. The van der Waals surface area contributed by atoms with Crippen LogP contribution in [0, 0.1) is 0 Å². The molecule has 0 fully saturated rings. The Labute approximate surface area is 147 Å². The third kappa shape index (κ3) is 3.32. The van der Waals surface area contributed by atoms with Crippen molar-refractivity contribution in [2.24, 2.45) is 5.10 Å². The number of thiocarbonyl (C=S) groups is 1. The van der Waals surface area contributed by atoms with Gasteiger partial charge in [0.1, 0.15) is 5.71 Å². The average molecular weight is 339 g/mol. The van der Waals surface area contributed by atoms with Crippen molar-refractivity contribution in [2.75, 3.05) is 6.61 Å². The summed E-state index contributed by atoms with van der Waals surface area (Å²) in [5, 5.41) is 8.30. The van der Waals surface area contributed by atoms with E-state index in [4.69, 9.17) is 17.0 Å². The van der Waals surface area contributed by atoms with E-state index in [1.165, 1.54) is 0 Å². The van der Waals surface area contributed by atoms with Gasteiger partial charge in [0, 0.05) is 11.1 Å². The number of nitrogens with one attached hydrogen (secondary N) is 2. The van der Waals surface area contributed by atoms with Gasteiger partial charge < -0.3 is 10.1 Å². The number of hydrogen-bond donors (Lipinski definition) is 2. The number of hydrazone groups is 1. The first-order valence-corrected chi connectivity index (χ1v) is 8.58. The first-order valence-electron chi connectivity index (χ1n) is 8.17. The summed E-state index contributed by atoms with van der Waals surface area (Å²) >= 11 is 5.33. The smallest absolute Gasteiger partial charge is 0.212 e. The van der Waals surface area contributed by atoms with E-state index in [1.807, 2.05) is 60.7 Å². The van der Waals surface area contributed by atoms with Crippen molar-refractivity contribution >= 4 is 23.0 Å². The molecule has 1 aliphatic rings. The van der Waals surface area contributed by atoms with E-state index in [0.717, 1.165) is 29.7 Å². The largest absolute Gasteiger partial charge is 0.346 e. The van der Waals surface area contributed by atoms with Crippen LogP contribution in [0.4, 0.5) is 0 Å². The maximum Gasteiger partial charge on any atom is 0.212 e. The summed E-state index contributed by atoms with van der Waals surface area (Å²) in [5.74, 6) is 0. The number of benzene rings is 2. The molecule has 1 heterocycles. The molecule has 0 aliphatic carbocycles. The Kier molecular flexibility index (Phi) is 5.23. The zero-order chi connectivity index (χ0) is 16.8. The van der Waals surface area contributed by atoms with E-state index in [2.05, 4.69) is 22.8 Å². The molecule has 3 rings (SSSR count). The fourth-order valence-corrected chi connectivity index (χ4v) is 2.92. The second-order valence-corrected chi connectivity index (χ2v) is 6.05. The molecule has 124 valence electrons. The average Bonchev–Trinajstić information content (AvgIpc) is 2.63. The van der Waals surface area contributed by atoms with Crippen molar-refractivity contribution in [1.82, 2.24) is 10.7 Å². The molecule has 4 nitrogen and oxygen atoms in total. The van der Waals surface area contributed by atoms with Crippen LogP contribution >= 0.6 is 12.2 Å². The molecule has 24 heavy (non-hydrogen) atoms. The predicted molar refractivity (Wildman–Crippen MR) is 101 cm³/mol. The summed E-state index contributed by atoms with van der Waals surface area (Å²) in [5.41, 5.74) is 4.73. The van der Waals surface area contributed by atoms with E-state index in [-0.39, 0.29) is 0 Å². The van der Waals surface area contributed by atoms with Gasteiger partial charge in [0.15, 0.2) is 5.11 Å².